The van der Waals surface area contributed by atoms with Crippen molar-refractivity contribution in [2.24, 2.45) is 0 Å². The summed E-state index contributed by atoms with van der Waals surface area (Å²) in [5.74, 6) is -3.63. The van der Waals surface area contributed by atoms with Crippen LogP contribution in [0.25, 0.3) is 0 Å². The van der Waals surface area contributed by atoms with Gasteiger partial charge < -0.3 is 0 Å². The van der Waals surface area contributed by atoms with E-state index in [4.69, 9.17) is 0 Å². The zero-order valence-electron chi connectivity index (χ0n) is 13.3. The van der Waals surface area contributed by atoms with Gasteiger partial charge in [0.25, 0.3) is 0 Å². The largest absolute Gasteiger partial charge is 0.418 e. The molecule has 25 heavy (non-hydrogen) atoms. The van der Waals surface area contributed by atoms with Crippen LogP contribution in [0.3, 0.4) is 0 Å². The lowest BCUT2D eigenvalue weighted by molar-refractivity contribution is -0.0906. The third-order valence-electron chi connectivity index (χ3n) is 2.85. The van der Waals surface area contributed by atoms with Crippen molar-refractivity contribution < 1.29 is 26.3 Å². The summed E-state index contributed by atoms with van der Waals surface area (Å²) in [5.41, 5.74) is -3.10. The summed E-state index contributed by atoms with van der Waals surface area (Å²) >= 11 is 0. The second-order valence-corrected chi connectivity index (χ2v) is 4.72. The molecule has 0 aromatic heterocycles. The van der Waals surface area contributed by atoms with Crippen molar-refractivity contribution in [3.63, 3.8) is 0 Å². The maximum Gasteiger partial charge on any atom is 0.418 e. The van der Waals surface area contributed by atoms with Gasteiger partial charge in [-0.05, 0) is 29.4 Å². The van der Waals surface area contributed by atoms with Crippen LogP contribution in [0.2, 0.25) is 0 Å². The lowest BCUT2D eigenvalue weighted by Crippen LogP contribution is -2.11. The van der Waals surface area contributed by atoms with Gasteiger partial charge in [0.05, 0.1) is 5.57 Å². The highest BCUT2D eigenvalue weighted by molar-refractivity contribution is 5.54. The van der Waals surface area contributed by atoms with E-state index in [1.165, 1.54) is 0 Å². The van der Waals surface area contributed by atoms with E-state index in [1.54, 1.807) is 0 Å². The van der Waals surface area contributed by atoms with Crippen LogP contribution in [0.4, 0.5) is 26.3 Å². The maximum atomic E-state index is 14.0. The summed E-state index contributed by atoms with van der Waals surface area (Å²) in [6.07, 6.45) is -1.75. The van der Waals surface area contributed by atoms with E-state index in [2.05, 4.69) is 39.5 Å². The smallest absolute Gasteiger partial charge is 0.206 e. The molecule has 0 aromatic rings. The molecule has 0 aliphatic rings. The molecular formula is C19H16F6. The van der Waals surface area contributed by atoms with Gasteiger partial charge in [-0.25, -0.2) is 13.2 Å². The highest BCUT2D eigenvalue weighted by Crippen LogP contribution is 2.32. The molecule has 134 valence electrons. The first-order valence-corrected chi connectivity index (χ1v) is 6.59. The van der Waals surface area contributed by atoms with Gasteiger partial charge in [0.1, 0.15) is 17.5 Å². The maximum absolute atomic E-state index is 14.0. The number of halogens is 6. The third-order valence-corrected chi connectivity index (χ3v) is 2.85. The average Bonchev–Trinajstić information content (AvgIpc) is 2.51. The predicted molar refractivity (Wildman–Crippen MR) is 89.5 cm³/mol. The molecule has 0 aliphatic carbocycles. The molecular weight excluding hydrogens is 342 g/mol. The highest BCUT2D eigenvalue weighted by Gasteiger charge is 2.34. The molecule has 0 saturated heterocycles. The van der Waals surface area contributed by atoms with Gasteiger partial charge in [0.15, 0.2) is 0 Å². The van der Waals surface area contributed by atoms with Crippen LogP contribution in [0.15, 0.2) is 109 Å². The lowest BCUT2D eigenvalue weighted by atomic mass is 10.0. The molecule has 0 heterocycles. The summed E-state index contributed by atoms with van der Waals surface area (Å²) in [6, 6.07) is 0. The number of hydrogen-bond donors (Lipinski definition) is 0. The summed E-state index contributed by atoms with van der Waals surface area (Å²) in [4.78, 5) is 0. The Balaban J connectivity index is 5.35. The van der Waals surface area contributed by atoms with Crippen molar-refractivity contribution in [3.05, 3.63) is 109 Å². The Hall–Kier alpha value is -2.76. The lowest BCUT2D eigenvalue weighted by Gasteiger charge is -2.09. The van der Waals surface area contributed by atoms with Crippen LogP contribution in [-0.4, -0.2) is 6.18 Å². The number of rotatable bonds is 8. The van der Waals surface area contributed by atoms with E-state index in [0.717, 1.165) is 18.2 Å². The predicted octanol–water partition coefficient (Wildman–Crippen LogP) is 7.08. The molecule has 0 rings (SSSR count). The Morgan fingerprint density at radius 1 is 0.680 bits per heavy atom. The molecule has 0 atom stereocenters. The summed E-state index contributed by atoms with van der Waals surface area (Å²) in [7, 11) is 0. The standard InChI is InChI=1S/C19H16F6/c1-7-8-16(20)13(4)11(2)9-17(21)14(5)12(3)10-18(22)15(6)19(23,24)25/h7-10H,1-6H2/b16-8+,17-9+,18-10+. The molecule has 0 amide bonds. The van der Waals surface area contributed by atoms with Crippen molar-refractivity contribution in [1.82, 2.24) is 0 Å². The van der Waals surface area contributed by atoms with E-state index in [0.29, 0.717) is 6.08 Å². The molecule has 0 spiro atoms. The Bertz CT molecular complexity index is 724. The summed E-state index contributed by atoms with van der Waals surface area (Å²) < 4.78 is 77.9. The van der Waals surface area contributed by atoms with Gasteiger partial charge in [0.2, 0.25) is 0 Å². The van der Waals surface area contributed by atoms with Gasteiger partial charge >= 0.3 is 6.18 Å². The Morgan fingerprint density at radius 3 is 1.48 bits per heavy atom. The van der Waals surface area contributed by atoms with Crippen molar-refractivity contribution in [3.8, 4) is 0 Å². The number of allylic oxidation sites excluding steroid dienone is 12. The second-order valence-electron chi connectivity index (χ2n) is 4.72. The van der Waals surface area contributed by atoms with E-state index in [-0.39, 0.29) is 11.1 Å². The fraction of sp³-hybridized carbons (Fsp3) is 0.0526. The van der Waals surface area contributed by atoms with Crippen molar-refractivity contribution in [1.29, 1.82) is 0 Å². The van der Waals surface area contributed by atoms with Crippen LogP contribution in [0.1, 0.15) is 0 Å². The summed E-state index contributed by atoms with van der Waals surface area (Å²) in [6.45, 7) is 19.1. The van der Waals surface area contributed by atoms with Gasteiger partial charge in [0, 0.05) is 11.1 Å². The van der Waals surface area contributed by atoms with Crippen LogP contribution in [-0.2, 0) is 0 Å². The molecule has 0 radical (unpaired) electrons. The van der Waals surface area contributed by atoms with Crippen molar-refractivity contribution in [2.45, 2.75) is 6.18 Å². The average molecular weight is 358 g/mol. The summed E-state index contributed by atoms with van der Waals surface area (Å²) in [5, 5.41) is 0. The molecule has 0 nitrogen and oxygen atoms in total. The van der Waals surface area contributed by atoms with Crippen LogP contribution < -0.4 is 0 Å². The third kappa shape index (κ3) is 6.71. The fourth-order valence-corrected chi connectivity index (χ4v) is 1.30. The molecule has 0 fully saturated rings. The van der Waals surface area contributed by atoms with Crippen LogP contribution in [0, 0.1) is 0 Å². The van der Waals surface area contributed by atoms with Crippen LogP contribution >= 0.6 is 0 Å². The number of alkyl halides is 3. The van der Waals surface area contributed by atoms with Gasteiger partial charge in [-0.1, -0.05) is 45.5 Å². The van der Waals surface area contributed by atoms with Crippen molar-refractivity contribution >= 4 is 0 Å². The normalized spacial score (nSPS) is 13.3. The quantitative estimate of drug-likeness (QED) is 0.321. The monoisotopic (exact) mass is 358 g/mol. The number of hydrogen-bond acceptors (Lipinski definition) is 0. The first kappa shape index (κ1) is 22.2. The minimum atomic E-state index is -4.97. The zero-order valence-corrected chi connectivity index (χ0v) is 13.3. The minimum absolute atomic E-state index is 0.161. The van der Waals surface area contributed by atoms with E-state index < -0.39 is 40.4 Å². The second kappa shape index (κ2) is 8.92. The van der Waals surface area contributed by atoms with Gasteiger partial charge in [-0.3, -0.25) is 0 Å². The highest BCUT2D eigenvalue weighted by atomic mass is 19.4. The zero-order chi connectivity index (χ0) is 19.9. The van der Waals surface area contributed by atoms with Gasteiger partial charge in [-0.15, -0.1) is 0 Å². The first-order chi connectivity index (χ1) is 11.3. The first-order valence-electron chi connectivity index (χ1n) is 6.59. The molecule has 0 N–H and O–H groups in total. The Morgan fingerprint density at radius 2 is 1.08 bits per heavy atom. The van der Waals surface area contributed by atoms with E-state index in [9.17, 15) is 26.3 Å². The molecule has 0 aliphatic heterocycles. The Labute approximate surface area is 142 Å². The molecule has 0 saturated carbocycles. The van der Waals surface area contributed by atoms with Crippen molar-refractivity contribution in [2.75, 3.05) is 0 Å². The fourth-order valence-electron chi connectivity index (χ4n) is 1.30. The Kier molecular flexibility index (Phi) is 7.93. The van der Waals surface area contributed by atoms with Crippen LogP contribution in [0.5, 0.6) is 0 Å². The SMILES string of the molecule is C=C/C=C(/F)C(=C)C(=C)/C=C(/F)C(=C)C(=C)/C=C(/F)C(=C)C(F)(F)F. The van der Waals surface area contributed by atoms with E-state index in [1.807, 2.05) is 0 Å². The minimum Gasteiger partial charge on any atom is -0.206 e. The molecule has 6 heteroatoms. The molecule has 0 bridgehead atoms. The molecule has 0 unspecified atom stereocenters. The topological polar surface area (TPSA) is 0 Å². The molecule has 0 aromatic carbocycles. The van der Waals surface area contributed by atoms with Gasteiger partial charge in [-0.2, -0.15) is 13.2 Å². The van der Waals surface area contributed by atoms with E-state index >= 15 is 0 Å².